The Labute approximate surface area is 228 Å². The monoisotopic (exact) mass is 559 g/mol. The summed E-state index contributed by atoms with van der Waals surface area (Å²) in [6.45, 7) is 4.89. The molecule has 0 aliphatic carbocycles. The van der Waals surface area contributed by atoms with Crippen LogP contribution in [0.5, 0.6) is 0 Å². The molecule has 0 spiro atoms. The van der Waals surface area contributed by atoms with Gasteiger partial charge >= 0.3 is 0 Å². The van der Waals surface area contributed by atoms with E-state index < -0.39 is 40.2 Å². The summed E-state index contributed by atoms with van der Waals surface area (Å²) < 4.78 is 42.9. The Morgan fingerprint density at radius 3 is 2.16 bits per heavy atom. The molecule has 0 aliphatic heterocycles. The number of halogens is 2. The van der Waals surface area contributed by atoms with E-state index in [1.54, 1.807) is 36.4 Å². The number of benzene rings is 3. The summed E-state index contributed by atoms with van der Waals surface area (Å²) >= 11 is 6.37. The van der Waals surface area contributed by atoms with E-state index in [-0.39, 0.29) is 33.6 Å². The summed E-state index contributed by atoms with van der Waals surface area (Å²) in [7, 11) is -4.23. The highest BCUT2D eigenvalue weighted by molar-refractivity contribution is 7.92. The number of sulfonamides is 1. The van der Waals surface area contributed by atoms with Crippen molar-refractivity contribution in [1.29, 1.82) is 0 Å². The first-order valence-corrected chi connectivity index (χ1v) is 14.0. The smallest absolute Gasteiger partial charge is 0.264 e. The van der Waals surface area contributed by atoms with Gasteiger partial charge in [0.1, 0.15) is 18.4 Å². The molecule has 0 aliphatic rings. The number of amides is 2. The molecule has 0 fully saturated rings. The molecular formula is C28H31ClFN3O4S. The van der Waals surface area contributed by atoms with Gasteiger partial charge in [0.25, 0.3) is 10.0 Å². The maximum atomic E-state index is 14.6. The molecule has 0 saturated carbocycles. The van der Waals surface area contributed by atoms with Crippen molar-refractivity contribution in [3.05, 3.63) is 95.3 Å². The minimum atomic E-state index is -4.23. The largest absolute Gasteiger partial charge is 0.354 e. The number of nitrogens with one attached hydrogen (secondary N) is 1. The van der Waals surface area contributed by atoms with Crippen molar-refractivity contribution in [2.45, 2.75) is 38.3 Å². The highest BCUT2D eigenvalue weighted by Gasteiger charge is 2.33. The molecule has 7 nitrogen and oxygen atoms in total. The highest BCUT2D eigenvalue weighted by atomic mass is 35.5. The van der Waals surface area contributed by atoms with Crippen LogP contribution in [0.1, 0.15) is 26.3 Å². The molecule has 3 aromatic rings. The average molecular weight is 560 g/mol. The van der Waals surface area contributed by atoms with Gasteiger partial charge in [-0.3, -0.25) is 13.9 Å². The van der Waals surface area contributed by atoms with Gasteiger partial charge in [-0.25, -0.2) is 12.8 Å². The molecule has 202 valence electrons. The van der Waals surface area contributed by atoms with Gasteiger partial charge in [0.2, 0.25) is 11.8 Å². The Bertz CT molecular complexity index is 1370. The van der Waals surface area contributed by atoms with Gasteiger partial charge < -0.3 is 10.2 Å². The van der Waals surface area contributed by atoms with Crippen molar-refractivity contribution in [1.82, 2.24) is 10.2 Å². The standard InChI is InChI=1S/C28H31ClFN3O4S/c1-20(2)17-31-28(35)21(3)32(18-22-11-7-9-15-25(22)30)27(34)19-33(26-16-10-8-14-24(26)29)38(36,37)23-12-5-4-6-13-23/h4-16,20-21H,17-19H2,1-3H3,(H,31,35)/t21-/m1/s1. The quantitative estimate of drug-likeness (QED) is 0.363. The maximum absolute atomic E-state index is 14.6. The van der Waals surface area contributed by atoms with E-state index in [0.29, 0.717) is 6.54 Å². The zero-order chi connectivity index (χ0) is 27.9. The van der Waals surface area contributed by atoms with Crippen LogP contribution in [0.4, 0.5) is 10.1 Å². The molecule has 3 aromatic carbocycles. The third-order valence-electron chi connectivity index (χ3n) is 5.88. The number of rotatable bonds is 11. The highest BCUT2D eigenvalue weighted by Crippen LogP contribution is 2.30. The first-order chi connectivity index (χ1) is 18.0. The van der Waals surface area contributed by atoms with Crippen LogP contribution in [0, 0.1) is 11.7 Å². The van der Waals surface area contributed by atoms with Crippen LogP contribution >= 0.6 is 11.6 Å². The van der Waals surface area contributed by atoms with Crippen LogP contribution in [0.2, 0.25) is 5.02 Å². The van der Waals surface area contributed by atoms with Gasteiger partial charge in [0, 0.05) is 18.7 Å². The van der Waals surface area contributed by atoms with E-state index >= 15 is 0 Å². The van der Waals surface area contributed by atoms with Crippen molar-refractivity contribution in [2.75, 3.05) is 17.4 Å². The fourth-order valence-electron chi connectivity index (χ4n) is 3.73. The Morgan fingerprint density at radius 2 is 1.53 bits per heavy atom. The van der Waals surface area contributed by atoms with Crippen molar-refractivity contribution in [3.63, 3.8) is 0 Å². The van der Waals surface area contributed by atoms with Crippen molar-refractivity contribution in [3.8, 4) is 0 Å². The van der Waals surface area contributed by atoms with Gasteiger partial charge in [0.15, 0.2) is 0 Å². The van der Waals surface area contributed by atoms with Gasteiger partial charge in [-0.1, -0.05) is 74.0 Å². The molecule has 3 rings (SSSR count). The van der Waals surface area contributed by atoms with E-state index in [1.807, 2.05) is 13.8 Å². The molecule has 2 amide bonds. The SMILES string of the molecule is CC(C)CNC(=O)[C@@H](C)N(Cc1ccccc1F)C(=O)CN(c1ccccc1Cl)S(=O)(=O)c1ccccc1. The van der Waals surface area contributed by atoms with Crippen LogP contribution in [-0.4, -0.2) is 44.3 Å². The van der Waals surface area contributed by atoms with E-state index in [1.165, 1.54) is 54.3 Å². The topological polar surface area (TPSA) is 86.8 Å². The molecule has 0 bridgehead atoms. The molecular weight excluding hydrogens is 529 g/mol. The normalized spacial score (nSPS) is 12.2. The number of hydrogen-bond donors (Lipinski definition) is 1. The third kappa shape index (κ3) is 7.11. The lowest BCUT2D eigenvalue weighted by Gasteiger charge is -2.32. The lowest BCUT2D eigenvalue weighted by molar-refractivity contribution is -0.139. The summed E-state index contributed by atoms with van der Waals surface area (Å²) in [4.78, 5) is 27.9. The predicted octanol–water partition coefficient (Wildman–Crippen LogP) is 4.86. The molecule has 1 atom stereocenters. The molecule has 10 heteroatoms. The van der Waals surface area contributed by atoms with Crippen LogP contribution < -0.4 is 9.62 Å². The van der Waals surface area contributed by atoms with Crippen LogP contribution in [-0.2, 0) is 26.2 Å². The molecule has 0 saturated heterocycles. The fourth-order valence-corrected chi connectivity index (χ4v) is 5.47. The van der Waals surface area contributed by atoms with E-state index in [0.717, 1.165) is 4.31 Å². The summed E-state index contributed by atoms with van der Waals surface area (Å²) in [6.07, 6.45) is 0. The zero-order valence-electron chi connectivity index (χ0n) is 21.5. The zero-order valence-corrected chi connectivity index (χ0v) is 23.0. The van der Waals surface area contributed by atoms with Gasteiger partial charge in [-0.05, 0) is 43.2 Å². The van der Waals surface area contributed by atoms with Crippen molar-refractivity contribution >= 4 is 39.1 Å². The van der Waals surface area contributed by atoms with Gasteiger partial charge in [0.05, 0.1) is 15.6 Å². The lowest BCUT2D eigenvalue weighted by Crippen LogP contribution is -2.51. The second kappa shape index (κ2) is 12.9. The van der Waals surface area contributed by atoms with Crippen LogP contribution in [0.3, 0.4) is 0 Å². The average Bonchev–Trinajstić information content (AvgIpc) is 2.90. The minimum Gasteiger partial charge on any atom is -0.354 e. The molecule has 0 unspecified atom stereocenters. The van der Waals surface area contributed by atoms with E-state index in [4.69, 9.17) is 11.6 Å². The minimum absolute atomic E-state index is 0.0314. The summed E-state index contributed by atoms with van der Waals surface area (Å²) in [5.74, 6) is -1.49. The summed E-state index contributed by atoms with van der Waals surface area (Å²) in [5.41, 5.74) is 0.300. The van der Waals surface area contributed by atoms with Crippen molar-refractivity contribution in [2.24, 2.45) is 5.92 Å². The van der Waals surface area contributed by atoms with E-state index in [2.05, 4.69) is 5.32 Å². The molecule has 38 heavy (non-hydrogen) atoms. The second-order valence-corrected chi connectivity index (χ2v) is 11.5. The molecule has 0 aromatic heterocycles. The molecule has 1 N–H and O–H groups in total. The van der Waals surface area contributed by atoms with Crippen molar-refractivity contribution < 1.29 is 22.4 Å². The number of anilines is 1. The first kappa shape index (κ1) is 29.1. The number of carbonyl (C=O) groups excluding carboxylic acids is 2. The summed E-state index contributed by atoms with van der Waals surface area (Å²) in [5, 5.41) is 2.92. The van der Waals surface area contributed by atoms with Crippen LogP contribution in [0.15, 0.2) is 83.8 Å². The Morgan fingerprint density at radius 1 is 0.921 bits per heavy atom. The van der Waals surface area contributed by atoms with Crippen LogP contribution in [0.25, 0.3) is 0 Å². The third-order valence-corrected chi connectivity index (χ3v) is 7.98. The number of hydrogen-bond acceptors (Lipinski definition) is 4. The Kier molecular flexibility index (Phi) is 9.88. The number of carbonyl (C=O) groups is 2. The predicted molar refractivity (Wildman–Crippen MR) is 147 cm³/mol. The first-order valence-electron chi connectivity index (χ1n) is 12.1. The molecule has 0 heterocycles. The fraction of sp³-hybridized carbons (Fsp3) is 0.286. The lowest BCUT2D eigenvalue weighted by atomic mass is 10.1. The second-order valence-electron chi connectivity index (χ2n) is 9.20. The Hall–Kier alpha value is -3.43. The summed E-state index contributed by atoms with van der Waals surface area (Å²) in [6, 6.07) is 18.9. The van der Waals surface area contributed by atoms with Gasteiger partial charge in [-0.15, -0.1) is 0 Å². The Balaban J connectivity index is 2.02. The number of para-hydroxylation sites is 1. The van der Waals surface area contributed by atoms with Gasteiger partial charge in [-0.2, -0.15) is 0 Å². The van der Waals surface area contributed by atoms with E-state index in [9.17, 15) is 22.4 Å². The molecule has 0 radical (unpaired) electrons. The number of nitrogens with zero attached hydrogens (tertiary/aromatic N) is 2. The maximum Gasteiger partial charge on any atom is 0.264 e.